The van der Waals surface area contributed by atoms with Crippen LogP contribution in [0.4, 0.5) is 0 Å². The van der Waals surface area contributed by atoms with Crippen LogP contribution in [-0.4, -0.2) is 9.55 Å². The Hall–Kier alpha value is -4.42. The average Bonchev–Trinajstić information content (AvgIpc) is 3.34. The van der Waals surface area contributed by atoms with Gasteiger partial charge in [0.2, 0.25) is 0 Å². The Morgan fingerprint density at radius 3 is 1.94 bits per heavy atom. The van der Waals surface area contributed by atoms with Crippen molar-refractivity contribution < 1.29 is 0 Å². The fraction of sp³-hybridized carbons (Fsp3) is 0.0345. The summed E-state index contributed by atoms with van der Waals surface area (Å²) >= 11 is 0. The molecular weight excluding hydrogens is 390 g/mol. The van der Waals surface area contributed by atoms with Crippen molar-refractivity contribution in [3.05, 3.63) is 121 Å². The van der Waals surface area contributed by atoms with E-state index in [4.69, 9.17) is 4.98 Å². The highest BCUT2D eigenvalue weighted by atomic mass is 15.1. The largest absolute Gasteiger partial charge is 0.299 e. The fourth-order valence-electron chi connectivity index (χ4n) is 4.08. The van der Waals surface area contributed by atoms with Gasteiger partial charge in [0.05, 0.1) is 17.3 Å². The van der Waals surface area contributed by atoms with Crippen molar-refractivity contribution in [1.82, 2.24) is 9.55 Å². The summed E-state index contributed by atoms with van der Waals surface area (Å²) in [5, 5.41) is 9.54. The average molecular weight is 412 g/mol. The first-order chi connectivity index (χ1) is 15.8. The Morgan fingerprint density at radius 1 is 0.719 bits per heavy atom. The Balaban J connectivity index is 1.80. The van der Waals surface area contributed by atoms with E-state index in [1.165, 1.54) is 0 Å². The van der Waals surface area contributed by atoms with Gasteiger partial charge in [-0.25, -0.2) is 4.98 Å². The van der Waals surface area contributed by atoms with E-state index in [0.717, 1.165) is 44.9 Å². The van der Waals surface area contributed by atoms with Crippen molar-refractivity contribution in [2.45, 2.75) is 6.92 Å². The van der Waals surface area contributed by atoms with Crippen LogP contribution in [0.25, 0.3) is 39.3 Å². The summed E-state index contributed by atoms with van der Waals surface area (Å²) in [5.41, 5.74) is 8.14. The van der Waals surface area contributed by atoms with Crippen LogP contribution in [-0.2, 0) is 0 Å². The SMILES string of the molecule is Cc1ccc(-c2nccn2-c2c(-c3ccccc3)cccc2-c2ccccc2)cc1C#N. The predicted octanol–water partition coefficient (Wildman–Crippen LogP) is 7.05. The maximum atomic E-state index is 9.54. The molecule has 0 aliphatic rings. The standard InChI is InChI=1S/C29H21N3/c1-21-15-16-24(19-25(21)20-30)29-31-17-18-32(29)28-26(22-9-4-2-5-10-22)13-8-14-27(28)23-11-6-3-7-12-23/h2-19H,1H3. The second-order valence-corrected chi connectivity index (χ2v) is 7.70. The smallest absolute Gasteiger partial charge is 0.144 e. The molecule has 0 spiro atoms. The summed E-state index contributed by atoms with van der Waals surface area (Å²) in [4.78, 5) is 4.69. The molecule has 0 N–H and O–H groups in total. The first kappa shape index (κ1) is 19.5. The number of hydrogen-bond donors (Lipinski definition) is 0. The zero-order chi connectivity index (χ0) is 21.9. The molecule has 0 bridgehead atoms. The van der Waals surface area contributed by atoms with E-state index in [1.54, 1.807) is 0 Å². The van der Waals surface area contributed by atoms with Gasteiger partial charge >= 0.3 is 0 Å². The monoisotopic (exact) mass is 411 g/mol. The van der Waals surface area contributed by atoms with Gasteiger partial charge in [-0.15, -0.1) is 0 Å². The molecule has 5 aromatic rings. The molecule has 152 valence electrons. The van der Waals surface area contributed by atoms with Crippen LogP contribution < -0.4 is 0 Å². The van der Waals surface area contributed by atoms with E-state index in [9.17, 15) is 5.26 Å². The Kier molecular flexibility index (Phi) is 5.11. The lowest BCUT2D eigenvalue weighted by molar-refractivity contribution is 1.07. The number of imidazole rings is 1. The fourth-order valence-corrected chi connectivity index (χ4v) is 4.08. The molecule has 0 saturated carbocycles. The van der Waals surface area contributed by atoms with Crippen LogP contribution in [0.1, 0.15) is 11.1 Å². The molecule has 32 heavy (non-hydrogen) atoms. The second kappa shape index (κ2) is 8.37. The molecule has 3 nitrogen and oxygen atoms in total. The zero-order valence-electron chi connectivity index (χ0n) is 17.7. The highest BCUT2D eigenvalue weighted by Crippen LogP contribution is 2.37. The highest BCUT2D eigenvalue weighted by Gasteiger charge is 2.18. The van der Waals surface area contributed by atoms with Crippen LogP contribution >= 0.6 is 0 Å². The molecule has 4 aromatic carbocycles. The molecule has 0 aliphatic carbocycles. The first-order valence-corrected chi connectivity index (χ1v) is 10.5. The van der Waals surface area contributed by atoms with E-state index < -0.39 is 0 Å². The van der Waals surface area contributed by atoms with Crippen LogP contribution in [0.5, 0.6) is 0 Å². The molecule has 0 radical (unpaired) electrons. The quantitative estimate of drug-likeness (QED) is 0.318. The van der Waals surface area contributed by atoms with Crippen LogP contribution in [0.2, 0.25) is 0 Å². The lowest BCUT2D eigenvalue weighted by atomic mass is 9.95. The summed E-state index contributed by atoms with van der Waals surface area (Å²) in [5.74, 6) is 0.807. The van der Waals surface area contributed by atoms with E-state index in [-0.39, 0.29) is 0 Å². The molecule has 0 fully saturated rings. The third kappa shape index (κ3) is 3.49. The molecule has 5 rings (SSSR count). The van der Waals surface area contributed by atoms with Crippen molar-refractivity contribution in [3.8, 4) is 45.4 Å². The van der Waals surface area contributed by atoms with E-state index in [0.29, 0.717) is 5.56 Å². The Labute approximate surface area is 187 Å². The Bertz CT molecular complexity index is 1370. The van der Waals surface area contributed by atoms with Gasteiger partial charge in [-0.3, -0.25) is 4.57 Å². The van der Waals surface area contributed by atoms with Crippen molar-refractivity contribution in [2.75, 3.05) is 0 Å². The van der Waals surface area contributed by atoms with Crippen molar-refractivity contribution >= 4 is 0 Å². The van der Waals surface area contributed by atoms with Gasteiger partial charge < -0.3 is 0 Å². The zero-order valence-corrected chi connectivity index (χ0v) is 17.7. The Morgan fingerprint density at radius 2 is 1.34 bits per heavy atom. The van der Waals surface area contributed by atoms with E-state index >= 15 is 0 Å². The molecule has 3 heteroatoms. The van der Waals surface area contributed by atoms with Crippen molar-refractivity contribution in [1.29, 1.82) is 5.26 Å². The van der Waals surface area contributed by atoms with Gasteiger partial charge in [0.25, 0.3) is 0 Å². The second-order valence-electron chi connectivity index (χ2n) is 7.70. The minimum atomic E-state index is 0.664. The normalized spacial score (nSPS) is 10.6. The van der Waals surface area contributed by atoms with Gasteiger partial charge in [-0.2, -0.15) is 5.26 Å². The number of benzene rings is 4. The number of hydrogen-bond acceptors (Lipinski definition) is 2. The summed E-state index contributed by atoms with van der Waals surface area (Å²) in [6, 6.07) is 35.4. The topological polar surface area (TPSA) is 41.6 Å². The minimum absolute atomic E-state index is 0.664. The molecule has 1 aromatic heterocycles. The van der Waals surface area contributed by atoms with Crippen LogP contribution in [0, 0.1) is 18.3 Å². The summed E-state index contributed by atoms with van der Waals surface area (Å²) in [6.45, 7) is 1.95. The van der Waals surface area contributed by atoms with Gasteiger partial charge in [0.15, 0.2) is 0 Å². The number of aromatic nitrogens is 2. The summed E-state index contributed by atoms with van der Waals surface area (Å²) in [7, 11) is 0. The van der Waals surface area contributed by atoms with Crippen molar-refractivity contribution in [3.63, 3.8) is 0 Å². The number of aryl methyl sites for hydroxylation is 1. The third-order valence-corrected chi connectivity index (χ3v) is 5.70. The maximum absolute atomic E-state index is 9.54. The first-order valence-electron chi connectivity index (χ1n) is 10.5. The molecule has 0 unspecified atom stereocenters. The maximum Gasteiger partial charge on any atom is 0.144 e. The van der Waals surface area contributed by atoms with E-state index in [2.05, 4.69) is 77.4 Å². The molecule has 0 saturated heterocycles. The predicted molar refractivity (Wildman–Crippen MR) is 129 cm³/mol. The van der Waals surface area contributed by atoms with Gasteiger partial charge in [-0.05, 0) is 29.7 Å². The summed E-state index contributed by atoms with van der Waals surface area (Å²) in [6.07, 6.45) is 3.81. The lowest BCUT2D eigenvalue weighted by Crippen LogP contribution is -2.02. The van der Waals surface area contributed by atoms with Crippen LogP contribution in [0.15, 0.2) is 109 Å². The summed E-state index contributed by atoms with van der Waals surface area (Å²) < 4.78 is 2.14. The van der Waals surface area contributed by atoms with Crippen molar-refractivity contribution in [2.24, 2.45) is 0 Å². The van der Waals surface area contributed by atoms with Crippen LogP contribution in [0.3, 0.4) is 0 Å². The number of nitrogens with zero attached hydrogens (tertiary/aromatic N) is 3. The molecular formula is C29H21N3. The molecule has 0 aliphatic heterocycles. The molecule has 0 amide bonds. The lowest BCUT2D eigenvalue weighted by Gasteiger charge is -2.19. The van der Waals surface area contributed by atoms with E-state index in [1.807, 2.05) is 49.6 Å². The van der Waals surface area contributed by atoms with Gasteiger partial charge in [-0.1, -0.05) is 91.0 Å². The number of rotatable bonds is 4. The molecule has 0 atom stereocenters. The highest BCUT2D eigenvalue weighted by molar-refractivity contribution is 5.86. The van der Waals surface area contributed by atoms with Gasteiger partial charge in [0.1, 0.15) is 5.82 Å². The number of nitriles is 1. The molecule has 1 heterocycles. The minimum Gasteiger partial charge on any atom is -0.299 e. The third-order valence-electron chi connectivity index (χ3n) is 5.70. The van der Waals surface area contributed by atoms with Gasteiger partial charge in [0, 0.05) is 29.1 Å². The number of para-hydroxylation sites is 1.